The van der Waals surface area contributed by atoms with Crippen molar-refractivity contribution < 1.29 is 4.39 Å². The van der Waals surface area contributed by atoms with Gasteiger partial charge in [0.05, 0.1) is 6.04 Å². The second-order valence-corrected chi connectivity index (χ2v) is 6.13. The van der Waals surface area contributed by atoms with Gasteiger partial charge in [-0.2, -0.15) is 0 Å². The van der Waals surface area contributed by atoms with Crippen LogP contribution in [0, 0.1) is 19.7 Å². The van der Waals surface area contributed by atoms with E-state index in [0.717, 1.165) is 15.6 Å². The normalized spacial score (nSPS) is 12.5. The molecule has 0 aliphatic heterocycles. The third kappa shape index (κ3) is 3.05. The molecule has 4 heteroatoms. The molecular formula is C16H16BrClFN. The molecule has 0 aliphatic rings. The van der Waals surface area contributed by atoms with Crippen molar-refractivity contribution >= 4 is 27.5 Å². The fraction of sp³-hybridized carbons (Fsp3) is 0.250. The maximum Gasteiger partial charge on any atom is 0.127 e. The van der Waals surface area contributed by atoms with Crippen molar-refractivity contribution in [3.05, 3.63) is 67.9 Å². The number of hydrogen-bond acceptors (Lipinski definition) is 1. The van der Waals surface area contributed by atoms with Crippen LogP contribution < -0.4 is 5.32 Å². The Morgan fingerprint density at radius 1 is 1.15 bits per heavy atom. The summed E-state index contributed by atoms with van der Waals surface area (Å²) < 4.78 is 14.6. The van der Waals surface area contributed by atoms with Gasteiger partial charge in [0.15, 0.2) is 0 Å². The standard InChI is InChI=1S/C16H16BrClFN/c1-9-4-5-13(17)11(6-9)16(20-3)12-7-10(2)15(19)8-14(12)18/h4-8,16,20H,1-3H3. The molecule has 1 atom stereocenters. The van der Waals surface area contributed by atoms with Crippen LogP contribution in [0.1, 0.15) is 28.3 Å². The van der Waals surface area contributed by atoms with Gasteiger partial charge in [-0.15, -0.1) is 0 Å². The molecule has 0 spiro atoms. The highest BCUT2D eigenvalue weighted by Crippen LogP contribution is 2.34. The topological polar surface area (TPSA) is 12.0 Å². The Morgan fingerprint density at radius 3 is 2.50 bits per heavy atom. The predicted octanol–water partition coefficient (Wildman–Crippen LogP) is 5.17. The number of halogens is 3. The van der Waals surface area contributed by atoms with E-state index >= 15 is 0 Å². The van der Waals surface area contributed by atoms with Crippen molar-refractivity contribution in [2.24, 2.45) is 0 Å². The molecule has 2 aromatic rings. The third-order valence-electron chi connectivity index (χ3n) is 3.34. The van der Waals surface area contributed by atoms with Crippen molar-refractivity contribution in [3.63, 3.8) is 0 Å². The van der Waals surface area contributed by atoms with Crippen LogP contribution in [0.4, 0.5) is 4.39 Å². The second kappa shape index (κ2) is 6.25. The van der Waals surface area contributed by atoms with Crippen LogP contribution in [-0.4, -0.2) is 7.05 Å². The molecule has 2 rings (SSSR count). The molecule has 20 heavy (non-hydrogen) atoms. The zero-order chi connectivity index (χ0) is 14.9. The zero-order valence-electron chi connectivity index (χ0n) is 11.6. The molecule has 0 radical (unpaired) electrons. The van der Waals surface area contributed by atoms with Crippen molar-refractivity contribution in [1.29, 1.82) is 0 Å². The predicted molar refractivity (Wildman–Crippen MR) is 85.9 cm³/mol. The number of rotatable bonds is 3. The molecule has 1 unspecified atom stereocenters. The third-order valence-corrected chi connectivity index (χ3v) is 4.39. The summed E-state index contributed by atoms with van der Waals surface area (Å²) in [6, 6.07) is 9.24. The summed E-state index contributed by atoms with van der Waals surface area (Å²) >= 11 is 9.79. The summed E-state index contributed by atoms with van der Waals surface area (Å²) in [6.07, 6.45) is 0. The summed E-state index contributed by atoms with van der Waals surface area (Å²) in [5, 5.41) is 3.68. The van der Waals surface area contributed by atoms with E-state index in [9.17, 15) is 4.39 Å². The average Bonchev–Trinajstić information content (AvgIpc) is 2.40. The molecule has 0 saturated heterocycles. The van der Waals surface area contributed by atoms with Gasteiger partial charge in [-0.05, 0) is 55.8 Å². The Bertz CT molecular complexity index is 643. The van der Waals surface area contributed by atoms with Crippen LogP contribution in [0.25, 0.3) is 0 Å². The Morgan fingerprint density at radius 2 is 1.85 bits per heavy atom. The lowest BCUT2D eigenvalue weighted by Gasteiger charge is -2.21. The van der Waals surface area contributed by atoms with E-state index in [1.54, 1.807) is 13.0 Å². The van der Waals surface area contributed by atoms with E-state index in [0.29, 0.717) is 10.6 Å². The molecule has 106 valence electrons. The molecule has 1 nitrogen and oxygen atoms in total. The summed E-state index contributed by atoms with van der Waals surface area (Å²) in [6.45, 7) is 3.79. The molecule has 0 aromatic heterocycles. The SMILES string of the molecule is CNC(c1cc(C)c(F)cc1Cl)c1cc(C)ccc1Br. The van der Waals surface area contributed by atoms with Crippen molar-refractivity contribution in [2.45, 2.75) is 19.9 Å². The first kappa shape index (κ1) is 15.5. The largest absolute Gasteiger partial charge is 0.309 e. The highest BCUT2D eigenvalue weighted by Gasteiger charge is 2.19. The van der Waals surface area contributed by atoms with Crippen LogP contribution in [-0.2, 0) is 0 Å². The molecule has 1 N–H and O–H groups in total. The monoisotopic (exact) mass is 355 g/mol. The van der Waals surface area contributed by atoms with Crippen LogP contribution in [0.2, 0.25) is 5.02 Å². The minimum atomic E-state index is -0.281. The number of hydrogen-bond donors (Lipinski definition) is 1. The van der Waals surface area contributed by atoms with Crippen LogP contribution in [0.3, 0.4) is 0 Å². The van der Waals surface area contributed by atoms with Crippen molar-refractivity contribution in [1.82, 2.24) is 5.32 Å². The summed E-state index contributed by atoms with van der Waals surface area (Å²) in [5.74, 6) is -0.281. The van der Waals surface area contributed by atoms with Gasteiger partial charge in [0.1, 0.15) is 5.82 Å². The minimum Gasteiger partial charge on any atom is -0.309 e. The number of benzene rings is 2. The van der Waals surface area contributed by atoms with Gasteiger partial charge in [0.2, 0.25) is 0 Å². The minimum absolute atomic E-state index is 0.0870. The highest BCUT2D eigenvalue weighted by molar-refractivity contribution is 9.10. The van der Waals surface area contributed by atoms with Gasteiger partial charge >= 0.3 is 0 Å². The van der Waals surface area contributed by atoms with Crippen LogP contribution in [0.5, 0.6) is 0 Å². The Balaban J connectivity index is 2.58. The van der Waals surface area contributed by atoms with Gasteiger partial charge in [0, 0.05) is 9.50 Å². The number of aryl methyl sites for hydroxylation is 2. The van der Waals surface area contributed by atoms with E-state index in [1.165, 1.54) is 11.6 Å². The van der Waals surface area contributed by atoms with Gasteiger partial charge in [-0.1, -0.05) is 45.2 Å². The smallest absolute Gasteiger partial charge is 0.127 e. The Hall–Kier alpha value is -0.900. The molecule has 2 aromatic carbocycles. The van der Waals surface area contributed by atoms with Crippen LogP contribution >= 0.6 is 27.5 Å². The van der Waals surface area contributed by atoms with E-state index in [4.69, 9.17) is 11.6 Å². The molecule has 0 aliphatic carbocycles. The molecule has 0 fully saturated rings. The van der Waals surface area contributed by atoms with E-state index in [-0.39, 0.29) is 11.9 Å². The number of nitrogens with one attached hydrogen (secondary N) is 1. The summed E-state index contributed by atoms with van der Waals surface area (Å²) in [5.41, 5.74) is 3.71. The fourth-order valence-corrected chi connectivity index (χ4v) is 3.00. The summed E-state index contributed by atoms with van der Waals surface area (Å²) in [4.78, 5) is 0. The van der Waals surface area contributed by atoms with E-state index in [1.807, 2.05) is 26.1 Å². The molecular weight excluding hydrogens is 341 g/mol. The Kier molecular flexibility index (Phi) is 4.84. The second-order valence-electron chi connectivity index (χ2n) is 4.87. The Labute approximate surface area is 132 Å². The maximum absolute atomic E-state index is 13.6. The van der Waals surface area contributed by atoms with E-state index in [2.05, 4.69) is 27.3 Å². The van der Waals surface area contributed by atoms with Gasteiger partial charge in [-0.25, -0.2) is 4.39 Å². The zero-order valence-corrected chi connectivity index (χ0v) is 13.9. The van der Waals surface area contributed by atoms with E-state index < -0.39 is 0 Å². The van der Waals surface area contributed by atoms with Gasteiger partial charge < -0.3 is 5.32 Å². The highest BCUT2D eigenvalue weighted by atomic mass is 79.9. The molecule has 0 saturated carbocycles. The molecule has 0 amide bonds. The lowest BCUT2D eigenvalue weighted by molar-refractivity contribution is 0.614. The van der Waals surface area contributed by atoms with Gasteiger partial charge in [0.25, 0.3) is 0 Å². The maximum atomic E-state index is 13.6. The van der Waals surface area contributed by atoms with Gasteiger partial charge in [-0.3, -0.25) is 0 Å². The molecule has 0 heterocycles. The lowest BCUT2D eigenvalue weighted by atomic mass is 9.96. The average molecular weight is 357 g/mol. The first-order chi connectivity index (χ1) is 9.43. The lowest BCUT2D eigenvalue weighted by Crippen LogP contribution is -2.19. The quantitative estimate of drug-likeness (QED) is 0.800. The first-order valence-corrected chi connectivity index (χ1v) is 7.50. The fourth-order valence-electron chi connectivity index (χ4n) is 2.26. The van der Waals surface area contributed by atoms with Crippen molar-refractivity contribution in [3.8, 4) is 0 Å². The van der Waals surface area contributed by atoms with Crippen LogP contribution in [0.15, 0.2) is 34.8 Å². The van der Waals surface area contributed by atoms with Crippen molar-refractivity contribution in [2.75, 3.05) is 7.05 Å². The summed E-state index contributed by atoms with van der Waals surface area (Å²) in [7, 11) is 1.87. The first-order valence-electron chi connectivity index (χ1n) is 6.33. The molecule has 0 bridgehead atoms.